The molecular formula is C31H24N2O4. The Balaban J connectivity index is 1.42. The van der Waals surface area contributed by atoms with Crippen molar-refractivity contribution in [2.24, 2.45) is 12.8 Å². The van der Waals surface area contributed by atoms with Gasteiger partial charge in [0.2, 0.25) is 5.78 Å². The fraction of sp³-hybridized carbons (Fsp3) is 0.0645. The average Bonchev–Trinajstić information content (AvgIpc) is 3.40. The molecule has 0 fully saturated rings. The van der Waals surface area contributed by atoms with E-state index < -0.39 is 5.78 Å². The van der Waals surface area contributed by atoms with Crippen molar-refractivity contribution in [2.75, 3.05) is 0 Å². The molecule has 37 heavy (non-hydrogen) atoms. The highest BCUT2D eigenvalue weighted by molar-refractivity contribution is 6.17. The summed E-state index contributed by atoms with van der Waals surface area (Å²) in [6.45, 7) is 0.519. The third-order valence-electron chi connectivity index (χ3n) is 6.79. The Hall–Kier alpha value is -4.81. The number of ketones is 1. The van der Waals surface area contributed by atoms with Gasteiger partial charge in [-0.1, -0.05) is 60.7 Å². The Kier molecular flexibility index (Phi) is 5.32. The third-order valence-corrected chi connectivity index (χ3v) is 6.79. The van der Waals surface area contributed by atoms with E-state index in [0.29, 0.717) is 6.54 Å². The molecule has 6 heteroatoms. The van der Waals surface area contributed by atoms with E-state index in [9.17, 15) is 15.0 Å². The van der Waals surface area contributed by atoms with Crippen LogP contribution in [0.1, 0.15) is 21.5 Å². The molecule has 0 radical (unpaired) electrons. The number of carbonyl (C=O) groups excluding carboxylic acids is 1. The Bertz CT molecular complexity index is 1710. The lowest BCUT2D eigenvalue weighted by Gasteiger charge is -2.09. The van der Waals surface area contributed by atoms with E-state index in [2.05, 4.69) is 42.5 Å². The number of nitrogens with zero attached hydrogens (tertiary/aromatic N) is 1. The SMILES string of the molecule is Cn1cc(C=C2Oc3cc(O)cc(O)c3C2=O)c2c(-c3ccc(-c4ccc(CN)cc4)cc3)cccc21. The van der Waals surface area contributed by atoms with Gasteiger partial charge in [-0.3, -0.25) is 4.79 Å². The van der Waals surface area contributed by atoms with Crippen molar-refractivity contribution in [3.63, 3.8) is 0 Å². The van der Waals surface area contributed by atoms with Gasteiger partial charge in [-0.25, -0.2) is 0 Å². The molecule has 182 valence electrons. The van der Waals surface area contributed by atoms with E-state index in [1.165, 1.54) is 6.07 Å². The number of aromatic nitrogens is 1. The summed E-state index contributed by atoms with van der Waals surface area (Å²) in [5.74, 6) is -0.665. The molecule has 0 amide bonds. The number of fused-ring (bicyclic) bond motifs is 2. The maximum Gasteiger partial charge on any atom is 0.235 e. The van der Waals surface area contributed by atoms with Crippen molar-refractivity contribution in [1.29, 1.82) is 0 Å². The van der Waals surface area contributed by atoms with Crippen LogP contribution in [0.4, 0.5) is 0 Å². The van der Waals surface area contributed by atoms with Gasteiger partial charge in [0.25, 0.3) is 0 Å². The molecule has 0 saturated carbocycles. The van der Waals surface area contributed by atoms with Crippen LogP contribution in [0.15, 0.2) is 90.8 Å². The fourth-order valence-corrected chi connectivity index (χ4v) is 4.93. The molecule has 5 aromatic rings. The van der Waals surface area contributed by atoms with Crippen LogP contribution < -0.4 is 10.5 Å². The molecule has 0 saturated heterocycles. The molecule has 6 nitrogen and oxygen atoms in total. The van der Waals surface area contributed by atoms with Crippen LogP contribution in [0.3, 0.4) is 0 Å². The quantitative estimate of drug-likeness (QED) is 0.270. The van der Waals surface area contributed by atoms with Gasteiger partial charge in [0, 0.05) is 48.4 Å². The maximum atomic E-state index is 13.0. The number of aryl methyl sites for hydroxylation is 1. The third kappa shape index (κ3) is 3.84. The van der Waals surface area contributed by atoms with Crippen molar-refractivity contribution in [3.05, 3.63) is 108 Å². The molecule has 0 spiro atoms. The number of nitrogens with two attached hydrogens (primary N) is 1. The molecule has 1 aliphatic heterocycles. The zero-order chi connectivity index (χ0) is 25.7. The molecule has 0 bridgehead atoms. The van der Waals surface area contributed by atoms with Gasteiger partial charge in [-0.15, -0.1) is 0 Å². The summed E-state index contributed by atoms with van der Waals surface area (Å²) >= 11 is 0. The number of benzene rings is 4. The number of hydrogen-bond acceptors (Lipinski definition) is 5. The number of hydrogen-bond donors (Lipinski definition) is 3. The largest absolute Gasteiger partial charge is 0.508 e. The van der Waals surface area contributed by atoms with Crippen LogP contribution >= 0.6 is 0 Å². The lowest BCUT2D eigenvalue weighted by Crippen LogP contribution is -1.98. The van der Waals surface area contributed by atoms with Crippen molar-refractivity contribution in [1.82, 2.24) is 4.57 Å². The Morgan fingerprint density at radius 1 is 0.919 bits per heavy atom. The minimum Gasteiger partial charge on any atom is -0.508 e. The van der Waals surface area contributed by atoms with Crippen molar-refractivity contribution in [2.45, 2.75) is 6.54 Å². The normalized spacial score (nSPS) is 13.8. The van der Waals surface area contributed by atoms with Crippen molar-refractivity contribution >= 4 is 22.8 Å². The molecular weight excluding hydrogens is 464 g/mol. The van der Waals surface area contributed by atoms with E-state index in [4.69, 9.17) is 10.5 Å². The highest BCUT2D eigenvalue weighted by Crippen LogP contribution is 2.42. The van der Waals surface area contributed by atoms with E-state index in [0.717, 1.165) is 50.4 Å². The monoisotopic (exact) mass is 488 g/mol. The summed E-state index contributed by atoms with van der Waals surface area (Å²) in [4.78, 5) is 13.0. The topological polar surface area (TPSA) is 97.7 Å². The molecule has 1 aromatic heterocycles. The zero-order valence-corrected chi connectivity index (χ0v) is 20.1. The van der Waals surface area contributed by atoms with Gasteiger partial charge in [0.05, 0.1) is 0 Å². The first-order valence-electron chi connectivity index (χ1n) is 11.9. The van der Waals surface area contributed by atoms with E-state index in [1.54, 1.807) is 6.08 Å². The van der Waals surface area contributed by atoms with Gasteiger partial charge in [0.1, 0.15) is 22.8 Å². The lowest BCUT2D eigenvalue weighted by atomic mass is 9.96. The minimum atomic E-state index is -0.424. The standard InChI is InChI=1S/C31H24N2O4/c1-33-17-22(13-28-31(36)30-26(35)14-23(34)15-27(30)37-28)29-24(3-2-4-25(29)33)21-11-9-20(10-12-21)19-7-5-18(16-32)6-8-19/h2-15,17,34-35H,16,32H2,1H3. The van der Waals surface area contributed by atoms with E-state index >= 15 is 0 Å². The number of Topliss-reactive ketones (excluding diaryl/α,β-unsaturated/α-hetero) is 1. The zero-order valence-electron chi connectivity index (χ0n) is 20.1. The highest BCUT2D eigenvalue weighted by atomic mass is 16.5. The highest BCUT2D eigenvalue weighted by Gasteiger charge is 2.31. The van der Waals surface area contributed by atoms with Crippen LogP contribution in [0.2, 0.25) is 0 Å². The van der Waals surface area contributed by atoms with Crippen LogP contribution in [0.25, 0.3) is 39.2 Å². The summed E-state index contributed by atoms with van der Waals surface area (Å²) in [5.41, 5.74) is 13.0. The van der Waals surface area contributed by atoms with E-state index in [1.807, 2.05) is 42.1 Å². The second-order valence-electron chi connectivity index (χ2n) is 9.15. The Labute approximate surface area is 213 Å². The summed E-state index contributed by atoms with van der Waals surface area (Å²) in [7, 11) is 1.96. The molecule has 6 rings (SSSR count). The molecule has 4 aromatic carbocycles. The van der Waals surface area contributed by atoms with E-state index in [-0.39, 0.29) is 28.6 Å². The molecule has 2 heterocycles. The van der Waals surface area contributed by atoms with Gasteiger partial charge in [-0.2, -0.15) is 0 Å². The first-order valence-corrected chi connectivity index (χ1v) is 11.9. The molecule has 0 aliphatic carbocycles. The summed E-state index contributed by atoms with van der Waals surface area (Å²) in [6, 6.07) is 25.2. The van der Waals surface area contributed by atoms with Gasteiger partial charge in [-0.05, 0) is 40.0 Å². The second kappa shape index (κ2) is 8.69. The van der Waals surface area contributed by atoms with Crippen LogP contribution in [-0.4, -0.2) is 20.6 Å². The maximum absolute atomic E-state index is 13.0. The minimum absolute atomic E-state index is 0.0552. The van der Waals surface area contributed by atoms with Gasteiger partial charge >= 0.3 is 0 Å². The van der Waals surface area contributed by atoms with Gasteiger partial charge < -0.3 is 25.3 Å². The van der Waals surface area contributed by atoms with Crippen LogP contribution in [-0.2, 0) is 13.6 Å². The predicted molar refractivity (Wildman–Crippen MR) is 144 cm³/mol. The Morgan fingerprint density at radius 2 is 1.59 bits per heavy atom. The van der Waals surface area contributed by atoms with Crippen LogP contribution in [0, 0.1) is 0 Å². The number of ether oxygens (including phenoxy) is 1. The van der Waals surface area contributed by atoms with Crippen LogP contribution in [0.5, 0.6) is 17.2 Å². The number of phenols is 2. The number of phenolic OH excluding ortho intramolecular Hbond substituents is 2. The van der Waals surface area contributed by atoms with Crippen molar-refractivity contribution in [3.8, 4) is 39.5 Å². The molecule has 0 unspecified atom stereocenters. The molecule has 1 aliphatic rings. The number of allylic oxidation sites excluding steroid dienone is 1. The predicted octanol–water partition coefficient (Wildman–Crippen LogP) is 6.00. The van der Waals surface area contributed by atoms with Gasteiger partial charge in [0.15, 0.2) is 5.76 Å². The first kappa shape index (κ1) is 22.6. The first-order chi connectivity index (χ1) is 17.9. The fourth-order valence-electron chi connectivity index (χ4n) is 4.93. The number of rotatable bonds is 4. The molecule has 0 atom stereocenters. The summed E-state index contributed by atoms with van der Waals surface area (Å²) in [6.07, 6.45) is 3.64. The smallest absolute Gasteiger partial charge is 0.235 e. The average molecular weight is 489 g/mol. The Morgan fingerprint density at radius 3 is 2.30 bits per heavy atom. The second-order valence-corrected chi connectivity index (χ2v) is 9.15. The number of aromatic hydroxyl groups is 2. The summed E-state index contributed by atoms with van der Waals surface area (Å²) in [5, 5.41) is 20.9. The molecule has 4 N–H and O–H groups in total. The number of carbonyl (C=O) groups is 1. The van der Waals surface area contributed by atoms with Crippen molar-refractivity contribution < 1.29 is 19.7 Å². The summed E-state index contributed by atoms with van der Waals surface area (Å²) < 4.78 is 7.75. The lowest BCUT2D eigenvalue weighted by molar-refractivity contribution is 0.101.